The third-order valence-electron chi connectivity index (χ3n) is 10.6. The summed E-state index contributed by atoms with van der Waals surface area (Å²) in [6.07, 6.45) is 0. The zero-order chi connectivity index (χ0) is 34.4. The van der Waals surface area contributed by atoms with Crippen LogP contribution in [0.4, 0.5) is 0 Å². The maximum atomic E-state index is 2.39. The van der Waals surface area contributed by atoms with Gasteiger partial charge in [0.05, 0.1) is 0 Å². The molecule has 0 aromatic heterocycles. The number of benzene rings is 10. The lowest BCUT2D eigenvalue weighted by Crippen LogP contribution is -1.95. The molecule has 242 valence electrons. The van der Waals surface area contributed by atoms with E-state index in [-0.39, 0.29) is 0 Å². The van der Waals surface area contributed by atoms with Gasteiger partial charge in [-0.05, 0) is 111 Å². The Hall–Kier alpha value is -6.76. The van der Waals surface area contributed by atoms with Crippen LogP contribution in [0.2, 0.25) is 0 Å². The molecule has 0 heteroatoms. The molecule has 0 spiro atoms. The van der Waals surface area contributed by atoms with Gasteiger partial charge in [0.15, 0.2) is 0 Å². The summed E-state index contributed by atoms with van der Waals surface area (Å²) in [5.74, 6) is 0. The summed E-state index contributed by atoms with van der Waals surface area (Å²) < 4.78 is 0. The van der Waals surface area contributed by atoms with Crippen molar-refractivity contribution in [2.45, 2.75) is 0 Å². The highest BCUT2D eigenvalue weighted by atomic mass is 14.2. The monoisotopic (exact) mass is 658 g/mol. The molecule has 0 saturated heterocycles. The molecule has 0 aliphatic carbocycles. The second kappa shape index (κ2) is 12.5. The fourth-order valence-electron chi connectivity index (χ4n) is 8.30. The van der Waals surface area contributed by atoms with Gasteiger partial charge in [-0.25, -0.2) is 0 Å². The van der Waals surface area contributed by atoms with Crippen LogP contribution in [-0.4, -0.2) is 0 Å². The Labute approximate surface area is 303 Å². The van der Waals surface area contributed by atoms with Crippen LogP contribution in [-0.2, 0) is 0 Å². The van der Waals surface area contributed by atoms with Crippen molar-refractivity contribution in [3.8, 4) is 55.6 Å². The smallest absolute Gasteiger partial charge is 0.00139 e. The van der Waals surface area contributed by atoms with Crippen molar-refractivity contribution >= 4 is 43.1 Å². The number of hydrogen-bond donors (Lipinski definition) is 0. The Balaban J connectivity index is 1.34. The van der Waals surface area contributed by atoms with Crippen molar-refractivity contribution in [2.24, 2.45) is 0 Å². The Morgan fingerprint density at radius 1 is 0.212 bits per heavy atom. The highest BCUT2D eigenvalue weighted by Crippen LogP contribution is 2.49. The van der Waals surface area contributed by atoms with Crippen LogP contribution in [0.1, 0.15) is 0 Å². The molecule has 0 nitrogen and oxygen atoms in total. The molecule has 10 aromatic rings. The summed E-state index contributed by atoms with van der Waals surface area (Å²) in [6, 6.07) is 75.6. The van der Waals surface area contributed by atoms with Gasteiger partial charge >= 0.3 is 0 Å². The van der Waals surface area contributed by atoms with Crippen molar-refractivity contribution in [1.29, 1.82) is 0 Å². The lowest BCUT2D eigenvalue weighted by Gasteiger charge is -2.22. The minimum atomic E-state index is 1.21. The molecule has 0 aliphatic heterocycles. The molecule has 10 rings (SSSR count). The maximum absolute atomic E-state index is 2.39. The van der Waals surface area contributed by atoms with Gasteiger partial charge in [-0.1, -0.05) is 194 Å². The van der Waals surface area contributed by atoms with Gasteiger partial charge in [0.1, 0.15) is 0 Å². The molecule has 0 N–H and O–H groups in total. The first-order chi connectivity index (χ1) is 25.8. The predicted octanol–water partition coefficient (Wildman–Crippen LogP) is 14.6. The van der Waals surface area contributed by atoms with Gasteiger partial charge in [-0.15, -0.1) is 0 Å². The van der Waals surface area contributed by atoms with E-state index < -0.39 is 0 Å². The van der Waals surface area contributed by atoms with E-state index in [1.807, 2.05) is 0 Å². The quantitative estimate of drug-likeness (QED) is 0.161. The number of rotatable bonds is 5. The van der Waals surface area contributed by atoms with Gasteiger partial charge < -0.3 is 0 Å². The largest absolute Gasteiger partial charge is 0.0622 e. The molecule has 0 amide bonds. The molecule has 0 atom stereocenters. The normalized spacial score (nSPS) is 11.5. The molecule has 0 heterocycles. The second-order valence-corrected chi connectivity index (χ2v) is 13.6. The van der Waals surface area contributed by atoms with Crippen molar-refractivity contribution < 1.29 is 0 Å². The molecule has 52 heavy (non-hydrogen) atoms. The first-order valence-corrected chi connectivity index (χ1v) is 18.0. The van der Waals surface area contributed by atoms with E-state index in [4.69, 9.17) is 0 Å². The zero-order valence-corrected chi connectivity index (χ0v) is 28.6. The van der Waals surface area contributed by atoms with Crippen LogP contribution < -0.4 is 0 Å². The van der Waals surface area contributed by atoms with Crippen LogP contribution in [0.25, 0.3) is 98.7 Å². The van der Waals surface area contributed by atoms with E-state index in [0.717, 1.165) is 0 Å². The highest BCUT2D eigenvalue weighted by Gasteiger charge is 2.22. The lowest BCUT2D eigenvalue weighted by atomic mass is 9.81. The van der Waals surface area contributed by atoms with Gasteiger partial charge in [0, 0.05) is 0 Å². The molecule has 0 radical (unpaired) electrons. The molecular weight excluding hydrogens is 625 g/mol. The average Bonchev–Trinajstić information content (AvgIpc) is 3.22. The van der Waals surface area contributed by atoms with E-state index >= 15 is 0 Å². The topological polar surface area (TPSA) is 0 Å². The minimum absolute atomic E-state index is 1.21. The molecule has 0 unspecified atom stereocenters. The Morgan fingerprint density at radius 2 is 0.731 bits per heavy atom. The third-order valence-corrected chi connectivity index (χ3v) is 10.6. The van der Waals surface area contributed by atoms with Crippen LogP contribution in [0, 0.1) is 0 Å². The van der Waals surface area contributed by atoms with E-state index in [0.29, 0.717) is 0 Å². The standard InChI is InChI=1S/C52H34/c1-2-16-36(17-3-1)42-23-8-9-25-44(42)46-29-14-30-49-51(45-28-13-20-37-18-6-7-24-43(37)45)48-27-11-10-26-47(48)50(52(46)49)41-22-12-21-39(34-41)40-32-31-35-15-4-5-19-38(35)33-40/h1-34H. The Kier molecular flexibility index (Phi) is 7.25. The SMILES string of the molecule is c1ccc(-c2ccccc2-c2cccc3c(-c4cccc5ccccc45)c4ccccc4c(-c4cccc(-c5ccc6ccccc6c5)c4)c23)cc1. The first-order valence-electron chi connectivity index (χ1n) is 18.0. The maximum Gasteiger partial charge on any atom is -0.00139 e. The lowest BCUT2D eigenvalue weighted by molar-refractivity contribution is 1.59. The summed E-state index contributed by atoms with van der Waals surface area (Å²) in [4.78, 5) is 0. The van der Waals surface area contributed by atoms with Gasteiger partial charge in [0.25, 0.3) is 0 Å². The first kappa shape index (κ1) is 30.1. The van der Waals surface area contributed by atoms with E-state index in [9.17, 15) is 0 Å². The van der Waals surface area contributed by atoms with Crippen molar-refractivity contribution in [1.82, 2.24) is 0 Å². The van der Waals surface area contributed by atoms with Gasteiger partial charge in [0.2, 0.25) is 0 Å². The molecule has 0 fully saturated rings. The Bertz CT molecular complexity index is 2940. The number of hydrogen-bond acceptors (Lipinski definition) is 0. The molecule has 10 aromatic carbocycles. The summed E-state index contributed by atoms with van der Waals surface area (Å²) in [5, 5.41) is 10.0. The second-order valence-electron chi connectivity index (χ2n) is 13.6. The average molecular weight is 659 g/mol. The highest BCUT2D eigenvalue weighted by molar-refractivity contribution is 6.26. The molecule has 0 bridgehead atoms. The summed E-state index contributed by atoms with van der Waals surface area (Å²) >= 11 is 0. The fraction of sp³-hybridized carbons (Fsp3) is 0. The third kappa shape index (κ3) is 5.00. The predicted molar refractivity (Wildman–Crippen MR) is 224 cm³/mol. The van der Waals surface area contributed by atoms with Crippen molar-refractivity contribution in [3.63, 3.8) is 0 Å². The van der Waals surface area contributed by atoms with Crippen LogP contribution in [0.5, 0.6) is 0 Å². The summed E-state index contributed by atoms with van der Waals surface area (Å²) in [7, 11) is 0. The molecule has 0 saturated carbocycles. The van der Waals surface area contributed by atoms with Crippen molar-refractivity contribution in [2.75, 3.05) is 0 Å². The van der Waals surface area contributed by atoms with Crippen molar-refractivity contribution in [3.05, 3.63) is 206 Å². The number of fused-ring (bicyclic) bond motifs is 4. The van der Waals surface area contributed by atoms with Gasteiger partial charge in [-0.3, -0.25) is 0 Å². The summed E-state index contributed by atoms with van der Waals surface area (Å²) in [6.45, 7) is 0. The Morgan fingerprint density at radius 3 is 1.58 bits per heavy atom. The van der Waals surface area contributed by atoms with E-state index in [1.54, 1.807) is 0 Å². The van der Waals surface area contributed by atoms with Crippen LogP contribution in [0.3, 0.4) is 0 Å². The molecule has 0 aliphatic rings. The minimum Gasteiger partial charge on any atom is -0.0622 e. The van der Waals surface area contributed by atoms with Crippen LogP contribution in [0.15, 0.2) is 206 Å². The van der Waals surface area contributed by atoms with E-state index in [2.05, 4.69) is 206 Å². The van der Waals surface area contributed by atoms with Gasteiger partial charge in [-0.2, -0.15) is 0 Å². The van der Waals surface area contributed by atoms with E-state index in [1.165, 1.54) is 98.7 Å². The fourth-order valence-corrected chi connectivity index (χ4v) is 8.30. The zero-order valence-electron chi connectivity index (χ0n) is 28.6. The van der Waals surface area contributed by atoms with Crippen LogP contribution >= 0.6 is 0 Å². The molecular formula is C52H34. The summed E-state index contributed by atoms with van der Waals surface area (Å²) in [5.41, 5.74) is 12.3.